The number of hydrogen-bond donors (Lipinski definition) is 0. The molecule has 0 aliphatic carbocycles. The molecule has 1 aromatic heterocycles. The lowest BCUT2D eigenvalue weighted by Crippen LogP contribution is -2.01. The van der Waals surface area contributed by atoms with E-state index in [9.17, 15) is 0 Å². The van der Waals surface area contributed by atoms with Crippen molar-refractivity contribution in [1.29, 1.82) is 0 Å². The number of fused-ring (bicyclic) bond motifs is 3. The maximum Gasteiger partial charge on any atom is 0.181 e. The summed E-state index contributed by atoms with van der Waals surface area (Å²) < 4.78 is 7.83. The summed E-state index contributed by atoms with van der Waals surface area (Å²) in [6.07, 6.45) is 1.05. The van der Waals surface area contributed by atoms with Gasteiger partial charge in [-0.3, -0.25) is 0 Å². The minimum atomic E-state index is 0.644. The molecule has 4 heteroatoms. The van der Waals surface area contributed by atoms with Crippen LogP contribution in [-0.2, 0) is 6.54 Å². The van der Waals surface area contributed by atoms with E-state index in [-0.39, 0.29) is 0 Å². The molecule has 0 unspecified atom stereocenters. The van der Waals surface area contributed by atoms with E-state index >= 15 is 0 Å². The molecule has 0 saturated heterocycles. The van der Waals surface area contributed by atoms with Crippen LogP contribution in [0, 0.1) is 5.92 Å². The van der Waals surface area contributed by atoms with Gasteiger partial charge in [-0.2, -0.15) is 5.10 Å². The fourth-order valence-corrected chi connectivity index (χ4v) is 2.95. The summed E-state index contributed by atoms with van der Waals surface area (Å²) in [5, 5.41) is 4.68. The third-order valence-electron chi connectivity index (χ3n) is 4.31. The minimum Gasteiger partial charge on any atom is -0.494 e. The highest BCUT2D eigenvalue weighted by Crippen LogP contribution is 2.32. The van der Waals surface area contributed by atoms with Crippen molar-refractivity contribution in [2.45, 2.75) is 26.8 Å². The first-order chi connectivity index (χ1) is 11.7. The van der Waals surface area contributed by atoms with Gasteiger partial charge in [-0.15, -0.1) is 0 Å². The van der Waals surface area contributed by atoms with Gasteiger partial charge in [0.15, 0.2) is 11.6 Å². The normalized spacial score (nSPS) is 12.3. The second kappa shape index (κ2) is 6.11. The van der Waals surface area contributed by atoms with Gasteiger partial charge in [0.2, 0.25) is 0 Å². The summed E-state index contributed by atoms with van der Waals surface area (Å²) in [6, 6.07) is 16.4. The molecule has 4 rings (SSSR count). The molecule has 1 aliphatic rings. The zero-order valence-electron chi connectivity index (χ0n) is 14.1. The smallest absolute Gasteiger partial charge is 0.181 e. The quantitative estimate of drug-likeness (QED) is 0.547. The second-order valence-electron chi connectivity index (χ2n) is 6.63. The lowest BCUT2D eigenvalue weighted by molar-refractivity contribution is 0.289. The molecule has 2 aromatic carbocycles. The molecule has 0 amide bonds. The van der Waals surface area contributed by atoms with Crippen LogP contribution in [0.15, 0.2) is 48.5 Å². The minimum absolute atomic E-state index is 0.644. The van der Waals surface area contributed by atoms with Crippen LogP contribution >= 0.6 is 0 Å². The van der Waals surface area contributed by atoms with Crippen molar-refractivity contribution < 1.29 is 4.74 Å². The Morgan fingerprint density at radius 1 is 1.12 bits per heavy atom. The van der Waals surface area contributed by atoms with Crippen molar-refractivity contribution in [2.75, 3.05) is 6.61 Å². The van der Waals surface area contributed by atoms with E-state index in [1.807, 2.05) is 35.0 Å². The zero-order chi connectivity index (χ0) is 16.5. The number of ether oxygens (including phenoxy) is 1. The molecule has 2 heterocycles. The Morgan fingerprint density at radius 3 is 2.88 bits per heavy atom. The average Bonchev–Trinajstić information content (AvgIpc) is 3.12. The molecule has 0 radical (unpaired) electrons. The molecule has 122 valence electrons. The van der Waals surface area contributed by atoms with Gasteiger partial charge in [-0.05, 0) is 30.0 Å². The predicted octanol–water partition coefficient (Wildman–Crippen LogP) is 4.40. The van der Waals surface area contributed by atoms with Crippen molar-refractivity contribution in [1.82, 2.24) is 14.8 Å². The first-order valence-electron chi connectivity index (χ1n) is 8.47. The third kappa shape index (κ3) is 2.80. The number of rotatable bonds is 5. The van der Waals surface area contributed by atoms with Crippen LogP contribution < -0.4 is 4.74 Å². The Balaban J connectivity index is 1.58. The molecule has 0 saturated carbocycles. The Morgan fingerprint density at radius 2 is 2.00 bits per heavy atom. The molecule has 0 bridgehead atoms. The van der Waals surface area contributed by atoms with Gasteiger partial charge in [0.1, 0.15) is 5.75 Å². The van der Waals surface area contributed by atoms with E-state index in [1.54, 1.807) is 0 Å². The van der Waals surface area contributed by atoms with Crippen molar-refractivity contribution in [3.63, 3.8) is 0 Å². The van der Waals surface area contributed by atoms with Gasteiger partial charge in [-0.1, -0.05) is 50.2 Å². The van der Waals surface area contributed by atoms with Crippen molar-refractivity contribution in [3.05, 3.63) is 54.1 Å². The SMILES string of the molecule is CC(C)CCOc1cccc(-c2nc3n(n2)Cc2ccccc2-3)c1. The van der Waals surface area contributed by atoms with E-state index in [4.69, 9.17) is 9.72 Å². The van der Waals surface area contributed by atoms with E-state index in [0.29, 0.717) is 5.92 Å². The summed E-state index contributed by atoms with van der Waals surface area (Å²) in [6.45, 7) is 5.94. The van der Waals surface area contributed by atoms with E-state index in [1.165, 1.54) is 11.1 Å². The average molecular weight is 319 g/mol. The number of nitrogens with zero attached hydrogens (tertiary/aromatic N) is 3. The van der Waals surface area contributed by atoms with E-state index in [2.05, 4.69) is 37.1 Å². The second-order valence-corrected chi connectivity index (χ2v) is 6.63. The Kier molecular flexibility index (Phi) is 3.81. The summed E-state index contributed by atoms with van der Waals surface area (Å²) in [5.41, 5.74) is 3.46. The third-order valence-corrected chi connectivity index (χ3v) is 4.31. The molecule has 24 heavy (non-hydrogen) atoms. The molecular formula is C20H21N3O. The highest BCUT2D eigenvalue weighted by molar-refractivity contribution is 5.68. The summed E-state index contributed by atoms with van der Waals surface area (Å²) >= 11 is 0. The van der Waals surface area contributed by atoms with Crippen molar-refractivity contribution in [3.8, 4) is 28.5 Å². The van der Waals surface area contributed by atoms with Crippen LogP contribution in [0.1, 0.15) is 25.8 Å². The first-order valence-corrected chi connectivity index (χ1v) is 8.47. The van der Waals surface area contributed by atoms with Gasteiger partial charge in [0, 0.05) is 11.1 Å². The van der Waals surface area contributed by atoms with Crippen LogP contribution in [0.5, 0.6) is 5.75 Å². The summed E-state index contributed by atoms with van der Waals surface area (Å²) in [7, 11) is 0. The summed E-state index contributed by atoms with van der Waals surface area (Å²) in [5.74, 6) is 3.23. The predicted molar refractivity (Wildman–Crippen MR) is 94.9 cm³/mol. The monoisotopic (exact) mass is 319 g/mol. The van der Waals surface area contributed by atoms with Crippen molar-refractivity contribution >= 4 is 0 Å². The highest BCUT2D eigenvalue weighted by atomic mass is 16.5. The van der Waals surface area contributed by atoms with Crippen LogP contribution in [-0.4, -0.2) is 21.4 Å². The van der Waals surface area contributed by atoms with Gasteiger partial charge in [-0.25, -0.2) is 9.67 Å². The summed E-state index contributed by atoms with van der Waals surface area (Å²) in [4.78, 5) is 4.75. The molecule has 0 fully saturated rings. The van der Waals surface area contributed by atoms with Crippen LogP contribution in [0.3, 0.4) is 0 Å². The number of aromatic nitrogens is 3. The van der Waals surface area contributed by atoms with Gasteiger partial charge < -0.3 is 4.74 Å². The maximum absolute atomic E-state index is 5.85. The molecule has 1 aliphatic heterocycles. The van der Waals surface area contributed by atoms with Crippen LogP contribution in [0.4, 0.5) is 0 Å². The van der Waals surface area contributed by atoms with Gasteiger partial charge >= 0.3 is 0 Å². The Hall–Kier alpha value is -2.62. The van der Waals surface area contributed by atoms with Crippen LogP contribution in [0.2, 0.25) is 0 Å². The maximum atomic E-state index is 5.85. The van der Waals surface area contributed by atoms with Crippen LogP contribution in [0.25, 0.3) is 22.8 Å². The van der Waals surface area contributed by atoms with Gasteiger partial charge in [0.25, 0.3) is 0 Å². The lowest BCUT2D eigenvalue weighted by atomic mass is 10.1. The molecular weight excluding hydrogens is 298 g/mol. The topological polar surface area (TPSA) is 39.9 Å². The Labute approximate surface area is 142 Å². The molecule has 3 aromatic rings. The molecule has 0 N–H and O–H groups in total. The first kappa shape index (κ1) is 14.9. The standard InChI is InChI=1S/C20H21N3O/c1-14(2)10-11-24-17-8-5-7-15(12-17)19-21-20-18-9-4-3-6-16(18)13-23(20)22-19/h3-9,12,14H,10-11,13H2,1-2H3. The number of hydrogen-bond acceptors (Lipinski definition) is 3. The van der Waals surface area contributed by atoms with Gasteiger partial charge in [0.05, 0.1) is 13.2 Å². The fourth-order valence-electron chi connectivity index (χ4n) is 2.95. The molecule has 0 spiro atoms. The Bertz CT molecular complexity index is 867. The molecule has 4 nitrogen and oxygen atoms in total. The van der Waals surface area contributed by atoms with E-state index < -0.39 is 0 Å². The van der Waals surface area contributed by atoms with Crippen molar-refractivity contribution in [2.24, 2.45) is 5.92 Å². The highest BCUT2D eigenvalue weighted by Gasteiger charge is 2.22. The number of benzene rings is 2. The molecule has 0 atom stereocenters. The lowest BCUT2D eigenvalue weighted by Gasteiger charge is -2.08. The van der Waals surface area contributed by atoms with E-state index in [0.717, 1.165) is 42.5 Å². The zero-order valence-corrected chi connectivity index (χ0v) is 14.1. The largest absolute Gasteiger partial charge is 0.494 e. The fraction of sp³-hybridized carbons (Fsp3) is 0.300.